The summed E-state index contributed by atoms with van der Waals surface area (Å²) in [5.74, 6) is 0. The maximum Gasteiger partial charge on any atom is 0.115 e. The molecule has 0 atom stereocenters. The van der Waals surface area contributed by atoms with E-state index in [1.54, 1.807) is 0 Å². The first kappa shape index (κ1) is 36.1. The van der Waals surface area contributed by atoms with Crippen molar-refractivity contribution in [2.45, 2.75) is 37.1 Å². The Hall–Kier alpha value is -0.840. The summed E-state index contributed by atoms with van der Waals surface area (Å²) in [4.78, 5) is 0. The largest absolute Gasteiger partial charge is 0.344 e. The monoisotopic (exact) mass is 462 g/mol. The lowest BCUT2D eigenvalue weighted by Crippen LogP contribution is -0.482. The summed E-state index contributed by atoms with van der Waals surface area (Å²) < 4.78 is 110. The molecule has 0 rings (SSSR count). The number of rotatable bonds is 0. The third kappa shape index (κ3) is 16100. The van der Waals surface area contributed by atoms with Gasteiger partial charge in [-0.2, -0.15) is 0 Å². The van der Waals surface area contributed by atoms with Gasteiger partial charge in [-0.15, -0.1) is 0 Å². The maximum atomic E-state index is 5.25. The molecule has 0 amide bonds. The topological polar surface area (TPSA) is 735 Å². The first-order valence-electron chi connectivity index (χ1n) is 12.1. The third-order valence-electron chi connectivity index (χ3n) is 0. The summed E-state index contributed by atoms with van der Waals surface area (Å²) in [6.45, 7) is 0. The second-order valence-corrected chi connectivity index (χ2v) is 0. The highest BCUT2D eigenvalue weighted by Crippen LogP contribution is 0.148. The van der Waals surface area contributed by atoms with Crippen LogP contribution >= 0.6 is 0 Å². The molecule has 0 aliphatic carbocycles. The molecular formula is C5H85N21. The van der Waals surface area contributed by atoms with Gasteiger partial charge >= 0.3 is 0 Å². The summed E-state index contributed by atoms with van der Waals surface area (Å²) in [7, 11) is 0. The summed E-state index contributed by atoms with van der Waals surface area (Å²) in [5.41, 5.74) is 0. The van der Waals surface area contributed by atoms with E-state index in [1.165, 1.54) is 0 Å². The van der Waals surface area contributed by atoms with Crippen molar-refractivity contribution >= 4 is 0 Å². The van der Waals surface area contributed by atoms with Gasteiger partial charge in [-0.05, 0) is 0 Å². The fourth-order valence-corrected chi connectivity index (χ4v) is 0. The molecule has 21 nitrogen and oxygen atoms in total. The van der Waals surface area contributed by atoms with Crippen molar-refractivity contribution in [2.75, 3.05) is 0 Å². The normalized spacial score (nSPS) is 5.65. The van der Waals surface area contributed by atoms with Gasteiger partial charge in [0.05, 0.1) is 0 Å². The van der Waals surface area contributed by atoms with Crippen LogP contribution in [0.25, 0.3) is 0 Å². The molecular weight excluding hydrogens is 354 g/mol. The van der Waals surface area contributed by atoms with E-state index in [9.17, 15) is 0 Å². The second-order valence-electron chi connectivity index (χ2n) is 0. The van der Waals surface area contributed by atoms with Gasteiger partial charge < -0.3 is 129 Å². The van der Waals surface area contributed by atoms with Crippen molar-refractivity contribution < 1.29 is 31.1 Å². The van der Waals surface area contributed by atoms with E-state index in [-0.39, 0.29) is 38.6 Å². The van der Waals surface area contributed by atoms with Crippen LogP contribution < -0.4 is 129 Å². The van der Waals surface area contributed by atoms with Crippen LogP contribution in [0.2, 0.25) is 29.6 Å². The van der Waals surface area contributed by atoms with Crippen molar-refractivity contribution in [1.29, 1.82) is 0 Å². The SMILES string of the molecule is C.C.C.C.C.[2HH].[2H]N.[2H]N.[2H]N.[2H]N.[2H]N.[2H]N.[2H]N.[2H]N.[2H]N.[2H]N.[2H]N.[2H]N.[2H]N.[2H]N.[2H]N.[2H]N.[2H]N.[2H]N.[2H]N.[2H]N.[2H]N. The Kier molecular flexibility index (Phi) is 25500. The summed E-state index contributed by atoms with van der Waals surface area (Å²) in [6, 6.07) is 0. The number of hydrogen-bond donors (Lipinski definition) is 21. The van der Waals surface area contributed by atoms with Crippen molar-refractivity contribution in [1.82, 2.24) is 129 Å². The molecule has 0 radical (unpaired) electrons. The van der Waals surface area contributed by atoms with Crippen molar-refractivity contribution in [2.24, 2.45) is 0 Å². The minimum absolute atomic E-state index is 0. The molecule has 0 aromatic carbocycles. The van der Waals surface area contributed by atoms with Gasteiger partial charge in [0.25, 0.3) is 0 Å². The molecule has 0 saturated heterocycles. The molecule has 0 bridgehead atoms. The standard InChI is InChI=1S/5CH4.21H3N.H2/h5*1H4;21*1H3;1H/i;;;;;;;;;;;;;;;;;;;;;;;;;;1+1/hD21. The molecule has 26 heavy (non-hydrogen) atoms. The Labute approximate surface area is 199 Å². The second kappa shape index (κ2) is 18400. The third-order valence-corrected chi connectivity index (χ3v) is 0. The zero-order valence-corrected chi connectivity index (χ0v) is 12.1. The Bertz CT molecular complexity index is 66.1. The smallest absolute Gasteiger partial charge is 0.115 e. The van der Waals surface area contributed by atoms with E-state index >= 15 is 0 Å². The summed E-state index contributed by atoms with van der Waals surface area (Å²) >= 11 is 0. The highest BCUT2D eigenvalue weighted by Gasteiger charge is -0.0731. The molecule has 0 aromatic rings. The van der Waals surface area contributed by atoms with E-state index in [4.69, 9.17) is 29.6 Å². The van der Waals surface area contributed by atoms with Crippen LogP contribution in [0.1, 0.15) is 38.6 Å². The van der Waals surface area contributed by atoms with E-state index in [2.05, 4.69) is 129 Å². The Morgan fingerprint density at radius 2 is 0.192 bits per heavy atom. The highest BCUT2D eigenvalue weighted by molar-refractivity contribution is 2.51. The number of hydrogen-bond acceptors (Lipinski definition) is 21. The molecule has 0 aliphatic rings. The van der Waals surface area contributed by atoms with E-state index in [1.807, 2.05) is 0 Å². The molecule has 0 unspecified atom stereocenters. The van der Waals surface area contributed by atoms with Gasteiger partial charge in [0, 0.05) is 1.43 Å². The van der Waals surface area contributed by atoms with Gasteiger partial charge in [0.15, 0.2) is 0 Å². The maximum absolute atomic E-state index is 5.25. The van der Waals surface area contributed by atoms with Crippen LogP contribution in [-0.2, 0) is 0 Å². The van der Waals surface area contributed by atoms with Crippen LogP contribution in [0.3, 0.4) is 0 Å². The van der Waals surface area contributed by atoms with E-state index in [0.717, 1.165) is 0 Å². The fraction of sp³-hybridized carbons (Fsp3) is 1.00. The van der Waals surface area contributed by atoms with Gasteiger partial charge in [-0.3, -0.25) is 0 Å². The Balaban J connectivity index is -0.00000000383. The lowest BCUT2D eigenvalue weighted by Gasteiger charge is -0.345. The minimum Gasteiger partial charge on any atom is -0.344 e. The van der Waals surface area contributed by atoms with Crippen molar-refractivity contribution in [3.8, 4) is 0 Å². The quantitative estimate of drug-likeness (QED) is 0.175. The van der Waals surface area contributed by atoms with Gasteiger partial charge in [-0.1, -0.05) is 37.1 Å². The van der Waals surface area contributed by atoms with Crippen LogP contribution in [-0.4, -0.2) is 0 Å². The predicted octanol–water partition coefficient (Wildman–Crippen LogP) is 6.83. The molecule has 210 valence electrons. The van der Waals surface area contributed by atoms with Crippen LogP contribution in [0.4, 0.5) is 0 Å². The first-order chi connectivity index (χ1) is 21.0. The summed E-state index contributed by atoms with van der Waals surface area (Å²) in [5, 5.41) is 0. The Morgan fingerprint density at radius 3 is 0.192 bits per heavy atom. The lowest BCUT2D eigenvalue weighted by atomic mass is 12.0. The van der Waals surface area contributed by atoms with Gasteiger partial charge in [-0.25, -0.2) is 0 Å². The first-order valence-corrected chi connectivity index (χ1v) is 0. The minimum atomic E-state index is 0. The van der Waals surface area contributed by atoms with Crippen LogP contribution in [0.5, 0.6) is 0 Å². The average molecular weight is 462 g/mol. The lowest BCUT2D eigenvalue weighted by molar-refractivity contribution is 2.13. The summed E-state index contributed by atoms with van der Waals surface area (Å²) in [6.07, 6.45) is 78.8. The zero-order chi connectivity index (χ0) is 42.0. The predicted molar refractivity (Wildman–Crippen MR) is 141 cm³/mol. The van der Waals surface area contributed by atoms with Crippen molar-refractivity contribution in [3.63, 3.8) is 0 Å². The van der Waals surface area contributed by atoms with Gasteiger partial charge in [0.1, 0.15) is 29.6 Å². The molecule has 21 heteroatoms. The molecule has 0 saturated carbocycles. The van der Waals surface area contributed by atoms with Crippen LogP contribution in [0, 0.1) is 0 Å². The Morgan fingerprint density at radius 1 is 0.192 bits per heavy atom. The molecule has 0 fully saturated rings. The van der Waals surface area contributed by atoms with E-state index < -0.39 is 0 Å². The molecule has 0 spiro atoms. The molecule has 63 N–H and O–H groups in total. The van der Waals surface area contributed by atoms with E-state index in [0.29, 0.717) is 0 Å². The average Bonchev–Trinajstić information content (AvgIpc) is 3.24. The van der Waals surface area contributed by atoms with Crippen molar-refractivity contribution in [3.05, 3.63) is 0 Å². The molecule has 0 aliphatic heterocycles. The molecule has 0 aromatic heterocycles. The molecule has 0 heterocycles. The zero-order valence-electron chi connectivity index (χ0n) is 33.1. The van der Waals surface area contributed by atoms with Crippen LogP contribution in [0.15, 0.2) is 0 Å². The fourth-order valence-electron chi connectivity index (χ4n) is 0. The van der Waals surface area contributed by atoms with Gasteiger partial charge in [0.2, 0.25) is 0 Å². The highest BCUT2D eigenvalue weighted by atomic mass is 14.0.